The lowest BCUT2D eigenvalue weighted by Gasteiger charge is -2.02. The maximum absolute atomic E-state index is 5.76. The normalized spacial score (nSPS) is 10.9. The molecular weight excluding hydrogens is 216 g/mol. The van der Waals surface area contributed by atoms with E-state index in [0.29, 0.717) is 18.2 Å². The largest absolute Gasteiger partial charge is 0.477 e. The Morgan fingerprint density at radius 2 is 2.07 bits per heavy atom. The van der Waals surface area contributed by atoms with Crippen LogP contribution in [-0.2, 0) is 0 Å². The molecule has 15 heavy (non-hydrogen) atoms. The fourth-order valence-electron chi connectivity index (χ4n) is 1.43. The number of halogens is 1. The second kappa shape index (κ2) is 3.70. The number of furan rings is 1. The molecule has 4 nitrogen and oxygen atoms in total. The number of hydrogen-bond donors (Lipinski definition) is 0. The van der Waals surface area contributed by atoms with Gasteiger partial charge in [-0.3, -0.25) is 0 Å². The summed E-state index contributed by atoms with van der Waals surface area (Å²) in [4.78, 5) is 8.05. The third-order valence-corrected chi connectivity index (χ3v) is 2.42. The van der Waals surface area contributed by atoms with Crippen molar-refractivity contribution >= 4 is 22.7 Å². The lowest BCUT2D eigenvalue weighted by molar-refractivity contribution is 0.330. The van der Waals surface area contributed by atoms with Crippen molar-refractivity contribution in [3.8, 4) is 5.88 Å². The van der Waals surface area contributed by atoms with Crippen LogP contribution >= 0.6 is 11.6 Å². The third-order valence-electron chi connectivity index (χ3n) is 2.25. The first-order valence-electron chi connectivity index (χ1n) is 4.69. The zero-order valence-electron chi connectivity index (χ0n) is 8.80. The van der Waals surface area contributed by atoms with Crippen molar-refractivity contribution in [1.82, 2.24) is 9.97 Å². The Morgan fingerprint density at radius 3 is 2.73 bits per heavy atom. The average Bonchev–Trinajstić information content (AvgIpc) is 2.42. The highest BCUT2D eigenvalue weighted by Gasteiger charge is 2.16. The molecule has 80 valence electrons. The Balaban J connectivity index is 2.75. The number of aryl methyl sites for hydroxylation is 2. The van der Waals surface area contributed by atoms with Crippen molar-refractivity contribution in [3.63, 3.8) is 0 Å². The summed E-state index contributed by atoms with van der Waals surface area (Å²) in [6, 6.07) is 0. The van der Waals surface area contributed by atoms with Crippen LogP contribution in [0.4, 0.5) is 0 Å². The van der Waals surface area contributed by atoms with E-state index in [4.69, 9.17) is 20.8 Å². The van der Waals surface area contributed by atoms with Gasteiger partial charge in [0.1, 0.15) is 11.1 Å². The molecule has 0 N–H and O–H groups in total. The van der Waals surface area contributed by atoms with Gasteiger partial charge in [-0.1, -0.05) is 0 Å². The summed E-state index contributed by atoms with van der Waals surface area (Å²) in [6.07, 6.45) is 0. The Bertz CT molecular complexity index is 508. The molecule has 0 aliphatic carbocycles. The van der Waals surface area contributed by atoms with E-state index < -0.39 is 0 Å². The van der Waals surface area contributed by atoms with Gasteiger partial charge in [-0.15, -0.1) is 0 Å². The molecule has 2 rings (SSSR count). The summed E-state index contributed by atoms with van der Waals surface area (Å²) in [7, 11) is 0. The molecule has 2 aromatic rings. The van der Waals surface area contributed by atoms with Gasteiger partial charge in [-0.25, -0.2) is 0 Å². The molecule has 0 bridgehead atoms. The molecule has 0 radical (unpaired) electrons. The molecule has 0 atom stereocenters. The molecule has 0 spiro atoms. The molecule has 0 aromatic carbocycles. The number of hydrogen-bond acceptors (Lipinski definition) is 4. The average molecular weight is 227 g/mol. The SMILES string of the molecule is CCOc1nc(Cl)nc2oc(C)c(C)c12. The molecular formula is C10H11ClN2O2. The fraction of sp³-hybridized carbons (Fsp3) is 0.400. The van der Waals surface area contributed by atoms with Crippen molar-refractivity contribution in [2.75, 3.05) is 6.61 Å². The predicted octanol–water partition coefficient (Wildman–Crippen LogP) is 2.89. The molecule has 0 aliphatic heterocycles. The van der Waals surface area contributed by atoms with Gasteiger partial charge in [0.15, 0.2) is 0 Å². The van der Waals surface area contributed by atoms with E-state index in [0.717, 1.165) is 16.7 Å². The van der Waals surface area contributed by atoms with E-state index in [2.05, 4.69) is 9.97 Å². The Hall–Kier alpha value is -1.29. The second-order valence-electron chi connectivity index (χ2n) is 3.19. The van der Waals surface area contributed by atoms with Gasteiger partial charge in [0, 0.05) is 5.56 Å². The van der Waals surface area contributed by atoms with E-state index in [-0.39, 0.29) is 5.28 Å². The first kappa shape index (κ1) is 10.2. The van der Waals surface area contributed by atoms with E-state index in [1.54, 1.807) is 0 Å². The van der Waals surface area contributed by atoms with Crippen molar-refractivity contribution in [3.05, 3.63) is 16.6 Å². The standard InChI is InChI=1S/C10H11ClN2O2/c1-4-14-8-7-5(2)6(3)15-9(7)13-10(11)12-8/h4H2,1-3H3. The maximum Gasteiger partial charge on any atom is 0.234 e. The van der Waals surface area contributed by atoms with Gasteiger partial charge < -0.3 is 9.15 Å². The summed E-state index contributed by atoms with van der Waals surface area (Å²) in [5.74, 6) is 1.30. The fourth-order valence-corrected chi connectivity index (χ4v) is 1.58. The van der Waals surface area contributed by atoms with E-state index in [1.807, 2.05) is 20.8 Å². The minimum atomic E-state index is 0.139. The summed E-state index contributed by atoms with van der Waals surface area (Å²) in [5.41, 5.74) is 1.47. The Kier molecular flexibility index (Phi) is 2.52. The van der Waals surface area contributed by atoms with Crippen LogP contribution in [0.5, 0.6) is 5.88 Å². The van der Waals surface area contributed by atoms with Gasteiger partial charge in [-0.05, 0) is 32.4 Å². The van der Waals surface area contributed by atoms with Crippen LogP contribution in [0, 0.1) is 13.8 Å². The second-order valence-corrected chi connectivity index (χ2v) is 3.53. The zero-order chi connectivity index (χ0) is 11.0. The summed E-state index contributed by atoms with van der Waals surface area (Å²) in [5, 5.41) is 0.943. The van der Waals surface area contributed by atoms with Crippen LogP contribution in [0.15, 0.2) is 4.42 Å². The van der Waals surface area contributed by atoms with Crippen molar-refractivity contribution in [2.45, 2.75) is 20.8 Å². The highest BCUT2D eigenvalue weighted by Crippen LogP contribution is 2.31. The number of rotatable bonds is 2. The van der Waals surface area contributed by atoms with Crippen LogP contribution in [0.25, 0.3) is 11.1 Å². The van der Waals surface area contributed by atoms with E-state index in [9.17, 15) is 0 Å². The van der Waals surface area contributed by atoms with Crippen LogP contribution in [0.1, 0.15) is 18.2 Å². The van der Waals surface area contributed by atoms with Crippen molar-refractivity contribution in [1.29, 1.82) is 0 Å². The van der Waals surface area contributed by atoms with Crippen LogP contribution < -0.4 is 4.74 Å². The molecule has 0 aliphatic rings. The van der Waals surface area contributed by atoms with E-state index in [1.165, 1.54) is 0 Å². The summed E-state index contributed by atoms with van der Waals surface area (Å²) < 4.78 is 10.8. The first-order chi connectivity index (χ1) is 7.13. The quantitative estimate of drug-likeness (QED) is 0.739. The molecule has 0 unspecified atom stereocenters. The molecule has 2 aromatic heterocycles. The number of aromatic nitrogens is 2. The summed E-state index contributed by atoms with van der Waals surface area (Å²) in [6.45, 7) is 6.25. The number of ether oxygens (including phenoxy) is 1. The molecule has 0 fully saturated rings. The first-order valence-corrected chi connectivity index (χ1v) is 5.07. The minimum Gasteiger partial charge on any atom is -0.477 e. The van der Waals surface area contributed by atoms with Crippen LogP contribution in [-0.4, -0.2) is 16.6 Å². The minimum absolute atomic E-state index is 0.139. The van der Waals surface area contributed by atoms with E-state index >= 15 is 0 Å². The lowest BCUT2D eigenvalue weighted by atomic mass is 10.2. The van der Waals surface area contributed by atoms with Crippen molar-refractivity contribution < 1.29 is 9.15 Å². The lowest BCUT2D eigenvalue weighted by Crippen LogP contribution is -1.96. The zero-order valence-corrected chi connectivity index (χ0v) is 9.55. The van der Waals surface area contributed by atoms with Crippen molar-refractivity contribution in [2.24, 2.45) is 0 Å². The molecule has 2 heterocycles. The van der Waals surface area contributed by atoms with Gasteiger partial charge >= 0.3 is 0 Å². The van der Waals surface area contributed by atoms with Gasteiger partial charge in [0.2, 0.25) is 16.9 Å². The maximum atomic E-state index is 5.76. The smallest absolute Gasteiger partial charge is 0.234 e. The number of nitrogens with zero attached hydrogens (tertiary/aromatic N) is 2. The highest BCUT2D eigenvalue weighted by atomic mass is 35.5. The van der Waals surface area contributed by atoms with Gasteiger partial charge in [-0.2, -0.15) is 9.97 Å². The van der Waals surface area contributed by atoms with Crippen LogP contribution in [0.3, 0.4) is 0 Å². The third kappa shape index (κ3) is 1.65. The molecule has 5 heteroatoms. The molecule has 0 saturated heterocycles. The number of fused-ring (bicyclic) bond motifs is 1. The van der Waals surface area contributed by atoms with Crippen LogP contribution in [0.2, 0.25) is 5.28 Å². The summed E-state index contributed by atoms with van der Waals surface area (Å²) >= 11 is 5.76. The molecule has 0 amide bonds. The topological polar surface area (TPSA) is 48.2 Å². The Morgan fingerprint density at radius 1 is 1.33 bits per heavy atom. The molecule has 0 saturated carbocycles. The highest BCUT2D eigenvalue weighted by molar-refractivity contribution is 6.28. The Labute approximate surface area is 92.2 Å². The van der Waals surface area contributed by atoms with Gasteiger partial charge in [0.25, 0.3) is 0 Å². The predicted molar refractivity (Wildman–Crippen MR) is 57.5 cm³/mol. The monoisotopic (exact) mass is 226 g/mol. The van der Waals surface area contributed by atoms with Gasteiger partial charge in [0.05, 0.1) is 6.61 Å².